The molecule has 41 nitrogen and oxygen atoms in total. The Hall–Kier alpha value is -1.64. The molecule has 0 radical (unpaired) electrons. The molecule has 100 heavy (non-hydrogen) atoms. The van der Waals surface area contributed by atoms with Crippen LogP contribution in [0.1, 0.15) is 34.6 Å². The van der Waals surface area contributed by atoms with Crippen LogP contribution in [0.3, 0.4) is 0 Å². The van der Waals surface area contributed by atoms with Gasteiger partial charge in [-0.05, 0) is 6.92 Å². The predicted octanol–water partition coefficient (Wildman–Crippen LogP) is -14.5. The zero-order valence-corrected chi connectivity index (χ0v) is 55.0. The number of hydrogen-bond donors (Lipinski definition) is 24. The number of aliphatic hydroxyl groups excluding tert-OH is 24. The van der Waals surface area contributed by atoms with E-state index < -0.39 is 335 Å². The lowest BCUT2D eigenvalue weighted by molar-refractivity contribution is -0.402. The second-order valence-electron chi connectivity index (χ2n) is 27.0. The zero-order chi connectivity index (χ0) is 73.4. The molecule has 45 atom stereocenters. The average Bonchev–Trinajstić information content (AvgIpc) is 0.775. The largest absolute Gasteiger partial charge is 0.394 e. The Morgan fingerprint density at radius 3 is 0.830 bits per heavy atom. The van der Waals surface area contributed by atoms with Crippen LogP contribution in [0.4, 0.5) is 0 Å². The highest BCUT2D eigenvalue weighted by atomic mass is 16.8. The molecule has 9 rings (SSSR count). The van der Waals surface area contributed by atoms with Crippen molar-refractivity contribution >= 4 is 0 Å². The summed E-state index contributed by atoms with van der Waals surface area (Å²) in [6, 6.07) is 0. The molecular formula is C59H102O41. The Labute approximate surface area is 571 Å². The third-order valence-electron chi connectivity index (χ3n) is 20.5. The van der Waals surface area contributed by atoms with Gasteiger partial charge in [-0.3, -0.25) is 0 Å². The maximum atomic E-state index is 12.5. The minimum Gasteiger partial charge on any atom is -0.394 e. The molecule has 584 valence electrons. The smallest absolute Gasteiger partial charge is 0.187 e. The van der Waals surface area contributed by atoms with E-state index in [0.717, 1.165) is 0 Å². The summed E-state index contributed by atoms with van der Waals surface area (Å²) in [6.07, 6.45) is -72.7. The topological polar surface area (TPSA) is 642 Å². The summed E-state index contributed by atoms with van der Waals surface area (Å²) in [6.45, 7) is -0.769. The zero-order valence-electron chi connectivity index (χ0n) is 55.0. The van der Waals surface area contributed by atoms with Gasteiger partial charge >= 0.3 is 0 Å². The molecule has 9 fully saturated rings. The van der Waals surface area contributed by atoms with Crippen LogP contribution in [0.5, 0.6) is 0 Å². The van der Waals surface area contributed by atoms with Crippen molar-refractivity contribution in [3.05, 3.63) is 0 Å². The van der Waals surface area contributed by atoms with E-state index >= 15 is 0 Å². The molecule has 9 saturated heterocycles. The Morgan fingerprint density at radius 2 is 0.460 bits per heavy atom. The van der Waals surface area contributed by atoms with Crippen LogP contribution in [0.25, 0.3) is 0 Å². The first-order valence-corrected chi connectivity index (χ1v) is 33.3. The van der Waals surface area contributed by atoms with E-state index in [-0.39, 0.29) is 0 Å². The summed E-state index contributed by atoms with van der Waals surface area (Å²) < 4.78 is 102. The van der Waals surface area contributed by atoms with Gasteiger partial charge in [0.05, 0.1) is 90.0 Å². The molecule has 0 spiro atoms. The van der Waals surface area contributed by atoms with Gasteiger partial charge in [0.15, 0.2) is 50.3 Å². The van der Waals surface area contributed by atoms with Crippen molar-refractivity contribution in [3.8, 4) is 0 Å². The minimum absolute atomic E-state index is 0.522. The SMILES string of the molecule is CC1C(O)[C@H](O[C@@H]2OC(CO)[C@H](O)[C@H](O)C2O)[C@H](CO)O[C@H]1OC1[C@@H](OCC2O[C@@H](O[C@@H]3C(CO)O[C@@H](O[C@@H]4C(CO)O[C@@H](C)C(C)[C@H]4O)C(C)[C@H]3O)C(O)[C@@H](O[C@H]3OC(CO)[C@@H](O)C(O)C3O[C@@H]3OC(CO)[C@@H](O[C@@H]4OC(CO)[C@H](O)[C@H](O)C4O)[C@H](O)C3C)[C@@H]2O)OC(CO)[C@@H](O)[C@@H]1O. The van der Waals surface area contributed by atoms with Crippen molar-refractivity contribution in [1.29, 1.82) is 0 Å². The molecule has 0 aliphatic carbocycles. The first kappa shape index (κ1) is 82.4. The molecule has 19 unspecified atom stereocenters. The summed E-state index contributed by atoms with van der Waals surface area (Å²) in [5.41, 5.74) is 0. The lowest BCUT2D eigenvalue weighted by Gasteiger charge is -2.51. The highest BCUT2D eigenvalue weighted by Crippen LogP contribution is 2.42. The molecule has 0 aromatic heterocycles. The van der Waals surface area contributed by atoms with Crippen LogP contribution < -0.4 is 0 Å². The molecule has 0 saturated carbocycles. The van der Waals surface area contributed by atoms with Gasteiger partial charge in [0, 0.05) is 23.7 Å². The molecule has 0 aromatic carbocycles. The number of hydrogen-bond acceptors (Lipinski definition) is 41. The molecule has 0 bridgehead atoms. The van der Waals surface area contributed by atoms with E-state index in [0.29, 0.717) is 0 Å². The van der Waals surface area contributed by atoms with Gasteiger partial charge in [-0.25, -0.2) is 0 Å². The minimum atomic E-state index is -2.32. The third kappa shape index (κ3) is 17.0. The highest BCUT2D eigenvalue weighted by Gasteiger charge is 2.60. The Bertz CT molecular complexity index is 2450. The maximum absolute atomic E-state index is 12.5. The standard InChI is InChI=1S/C59H102O41/c1-15-19(5)85-24(10-64)45(29(15)68)94-52-16(2)30(69)48(27(13-67)90-52)97-57-44(83)49(98-59-51(41(80)36(75)23(9-63)89-59)100-54-18(4)32(71)47(26(12-66)92-54)96-56-43(82)39(78)34(73)21(7-61)87-56)37(76)28(93-57)14-84-58-50(40(79)35(74)22(8-62)88-58)99-53-17(3)31(70)46(25(11-65)91-53)95-55-42(81)38(77)33(72)20(6-60)86-55/h15-83H,6-14H2,1-5H3/t15?,16?,17?,18?,19-,20?,21?,22?,23?,24?,25-,26?,27?,28?,29+,30+,31?,32+,33-,34-,35+,36+,37+,38-,39-,40-,41?,42?,43?,44?,45+,46+,47+,48+,49-,50?,51?,52-,53-,54-,55-,56-,57-,58-,59+/m0/s1. The number of rotatable bonds is 25. The molecule has 24 N–H and O–H groups in total. The summed E-state index contributed by atoms with van der Waals surface area (Å²) >= 11 is 0. The van der Waals surface area contributed by atoms with Crippen LogP contribution in [0, 0.1) is 23.7 Å². The second kappa shape index (κ2) is 35.6. The van der Waals surface area contributed by atoms with Gasteiger partial charge in [-0.1, -0.05) is 27.7 Å². The Morgan fingerprint density at radius 1 is 0.200 bits per heavy atom. The first-order chi connectivity index (χ1) is 47.4. The lowest BCUT2D eigenvalue weighted by atomic mass is 9.88. The second-order valence-corrected chi connectivity index (χ2v) is 27.0. The summed E-state index contributed by atoms with van der Waals surface area (Å²) in [5.74, 6) is -4.27. The lowest BCUT2D eigenvalue weighted by Crippen LogP contribution is -2.68. The van der Waals surface area contributed by atoms with Crippen molar-refractivity contribution in [2.45, 2.75) is 286 Å². The maximum Gasteiger partial charge on any atom is 0.187 e. The number of ether oxygens (including phenoxy) is 17. The average molecular weight is 1470 g/mol. The van der Waals surface area contributed by atoms with E-state index in [4.69, 9.17) is 80.5 Å². The normalized spacial score (nSPS) is 53.7. The van der Waals surface area contributed by atoms with Crippen LogP contribution in [-0.2, 0) is 80.5 Å². The quantitative estimate of drug-likeness (QED) is 0.0404. The fourth-order valence-corrected chi connectivity index (χ4v) is 13.8. The molecule has 0 aromatic rings. The first-order valence-electron chi connectivity index (χ1n) is 33.3. The van der Waals surface area contributed by atoms with Crippen molar-refractivity contribution in [2.75, 3.05) is 59.5 Å². The molecule has 9 heterocycles. The van der Waals surface area contributed by atoms with Gasteiger partial charge in [-0.15, -0.1) is 0 Å². The van der Waals surface area contributed by atoms with Crippen molar-refractivity contribution in [3.63, 3.8) is 0 Å². The van der Waals surface area contributed by atoms with E-state index in [9.17, 15) is 123 Å². The summed E-state index contributed by atoms with van der Waals surface area (Å²) in [5, 5.41) is 263. The molecule has 41 heteroatoms. The van der Waals surface area contributed by atoms with Crippen LogP contribution in [-0.4, -0.2) is 434 Å². The van der Waals surface area contributed by atoms with E-state index in [1.807, 2.05) is 0 Å². The molecule has 9 aliphatic rings. The molecule has 9 aliphatic heterocycles. The predicted molar refractivity (Wildman–Crippen MR) is 313 cm³/mol. The van der Waals surface area contributed by atoms with Gasteiger partial charge in [0.2, 0.25) is 0 Å². The van der Waals surface area contributed by atoms with Crippen molar-refractivity contribution < 1.29 is 203 Å². The van der Waals surface area contributed by atoms with Crippen LogP contribution in [0.2, 0.25) is 0 Å². The van der Waals surface area contributed by atoms with E-state index in [1.165, 1.54) is 20.8 Å². The van der Waals surface area contributed by atoms with Gasteiger partial charge in [0.1, 0.15) is 171 Å². The van der Waals surface area contributed by atoms with Gasteiger partial charge < -0.3 is 203 Å². The van der Waals surface area contributed by atoms with Crippen LogP contribution in [0.15, 0.2) is 0 Å². The summed E-state index contributed by atoms with van der Waals surface area (Å²) in [4.78, 5) is 0. The highest BCUT2D eigenvalue weighted by molar-refractivity contribution is 5.02. The summed E-state index contributed by atoms with van der Waals surface area (Å²) in [7, 11) is 0. The molecule has 0 amide bonds. The molecular weight excluding hydrogens is 1360 g/mol. The van der Waals surface area contributed by atoms with E-state index in [1.54, 1.807) is 13.8 Å². The fourth-order valence-electron chi connectivity index (χ4n) is 13.8. The van der Waals surface area contributed by atoms with Crippen molar-refractivity contribution in [2.24, 2.45) is 23.7 Å². The Kier molecular flexibility index (Phi) is 29.3. The van der Waals surface area contributed by atoms with Crippen LogP contribution >= 0.6 is 0 Å². The van der Waals surface area contributed by atoms with Crippen molar-refractivity contribution in [1.82, 2.24) is 0 Å². The number of aliphatic hydroxyl groups is 24. The fraction of sp³-hybridized carbons (Fsp3) is 1.00. The monoisotopic (exact) mass is 1470 g/mol. The third-order valence-corrected chi connectivity index (χ3v) is 20.5. The Balaban J connectivity index is 0.986. The van der Waals surface area contributed by atoms with E-state index in [2.05, 4.69) is 0 Å². The van der Waals surface area contributed by atoms with Gasteiger partial charge in [-0.2, -0.15) is 0 Å². The van der Waals surface area contributed by atoms with Gasteiger partial charge in [0.25, 0.3) is 0 Å².